The summed E-state index contributed by atoms with van der Waals surface area (Å²) in [6.07, 6.45) is -1.20. The second-order valence-electron chi connectivity index (χ2n) is 7.00. The predicted molar refractivity (Wildman–Crippen MR) is 104 cm³/mol. The van der Waals surface area contributed by atoms with Crippen molar-refractivity contribution in [2.24, 2.45) is 0 Å². The number of imidazole rings is 1. The summed E-state index contributed by atoms with van der Waals surface area (Å²) in [5.41, 5.74) is 3.65. The molecule has 29 heavy (non-hydrogen) atoms. The fourth-order valence-electron chi connectivity index (χ4n) is 3.37. The van der Waals surface area contributed by atoms with Crippen LogP contribution >= 0.6 is 11.6 Å². The standard InChI is InChI=1S/C20H18ClF3N4O/c21-15-10-14(20(22,23)24)11-16-17(15)26-18(25-16)12-4-6-13(7-5-12)19(29)27-28-8-2-1-3-9-28/h4-7,10-11H,1-3,8-9H2,(H,25,26)(H,27,29). The van der Waals surface area contributed by atoms with E-state index < -0.39 is 11.7 Å². The number of hydrogen-bond donors (Lipinski definition) is 2. The number of piperidine rings is 1. The Kier molecular flexibility index (Phi) is 5.23. The summed E-state index contributed by atoms with van der Waals surface area (Å²) in [5, 5.41) is 1.84. The highest BCUT2D eigenvalue weighted by Crippen LogP contribution is 2.35. The van der Waals surface area contributed by atoms with Gasteiger partial charge < -0.3 is 4.98 Å². The molecule has 3 aromatic rings. The molecule has 1 amide bonds. The van der Waals surface area contributed by atoms with Gasteiger partial charge in [-0.15, -0.1) is 0 Å². The Morgan fingerprint density at radius 1 is 1.10 bits per heavy atom. The molecule has 2 N–H and O–H groups in total. The summed E-state index contributed by atoms with van der Waals surface area (Å²) in [5.74, 6) is 0.185. The summed E-state index contributed by atoms with van der Waals surface area (Å²) in [6, 6.07) is 8.55. The number of nitrogens with one attached hydrogen (secondary N) is 2. The summed E-state index contributed by atoms with van der Waals surface area (Å²) >= 11 is 5.99. The maximum atomic E-state index is 13.0. The van der Waals surface area contributed by atoms with Crippen LogP contribution in [-0.2, 0) is 6.18 Å². The van der Waals surface area contributed by atoms with Crippen LogP contribution in [0.2, 0.25) is 5.02 Å². The minimum atomic E-state index is -4.49. The number of carbonyl (C=O) groups excluding carboxylic acids is 1. The van der Waals surface area contributed by atoms with Crippen LogP contribution < -0.4 is 5.43 Å². The molecule has 9 heteroatoms. The van der Waals surface area contributed by atoms with E-state index in [0.717, 1.165) is 38.1 Å². The van der Waals surface area contributed by atoms with E-state index in [0.29, 0.717) is 17.0 Å². The second kappa shape index (κ2) is 7.68. The summed E-state index contributed by atoms with van der Waals surface area (Å²) in [4.78, 5) is 19.6. The highest BCUT2D eigenvalue weighted by molar-refractivity contribution is 6.35. The summed E-state index contributed by atoms with van der Waals surface area (Å²) in [7, 11) is 0. The van der Waals surface area contributed by atoms with Gasteiger partial charge >= 0.3 is 6.18 Å². The molecule has 1 fully saturated rings. The molecule has 0 unspecified atom stereocenters. The zero-order valence-electron chi connectivity index (χ0n) is 15.3. The average molecular weight is 423 g/mol. The SMILES string of the molecule is O=C(NN1CCCCC1)c1ccc(-c2nc3c(Cl)cc(C(F)(F)F)cc3[nH]2)cc1. The Labute approximate surface area is 169 Å². The van der Waals surface area contributed by atoms with Crippen LogP contribution in [0.25, 0.3) is 22.4 Å². The van der Waals surface area contributed by atoms with Gasteiger partial charge in [-0.3, -0.25) is 10.2 Å². The first-order valence-electron chi connectivity index (χ1n) is 9.24. The number of aromatic nitrogens is 2. The molecular formula is C20H18ClF3N4O. The number of aromatic amines is 1. The Balaban J connectivity index is 1.56. The summed E-state index contributed by atoms with van der Waals surface area (Å²) < 4.78 is 38.9. The van der Waals surface area contributed by atoms with Crippen LogP contribution in [0.4, 0.5) is 13.2 Å². The highest BCUT2D eigenvalue weighted by atomic mass is 35.5. The minimum Gasteiger partial charge on any atom is -0.338 e. The highest BCUT2D eigenvalue weighted by Gasteiger charge is 2.31. The summed E-state index contributed by atoms with van der Waals surface area (Å²) in [6.45, 7) is 1.67. The normalized spacial score (nSPS) is 15.6. The number of amides is 1. The zero-order valence-corrected chi connectivity index (χ0v) is 16.1. The van der Waals surface area contributed by atoms with Crippen molar-refractivity contribution in [1.82, 2.24) is 20.4 Å². The number of fused-ring (bicyclic) bond motifs is 1. The quantitative estimate of drug-likeness (QED) is 0.622. The molecule has 2 aromatic carbocycles. The fraction of sp³-hybridized carbons (Fsp3) is 0.300. The first kappa shape index (κ1) is 19.7. The van der Waals surface area contributed by atoms with Gasteiger partial charge in [-0.1, -0.05) is 30.2 Å². The molecule has 0 radical (unpaired) electrons. The smallest absolute Gasteiger partial charge is 0.338 e. The third-order valence-corrected chi connectivity index (χ3v) is 5.19. The number of alkyl halides is 3. The molecule has 1 aromatic heterocycles. The van der Waals surface area contributed by atoms with Crippen LogP contribution in [0.1, 0.15) is 35.2 Å². The van der Waals surface area contributed by atoms with Crippen molar-refractivity contribution in [2.45, 2.75) is 25.4 Å². The molecule has 1 saturated heterocycles. The largest absolute Gasteiger partial charge is 0.416 e. The molecule has 0 bridgehead atoms. The van der Waals surface area contributed by atoms with E-state index in [1.807, 2.05) is 5.01 Å². The number of hydrazine groups is 1. The van der Waals surface area contributed by atoms with Gasteiger partial charge in [0, 0.05) is 24.2 Å². The van der Waals surface area contributed by atoms with Crippen LogP contribution in [0, 0.1) is 0 Å². The number of nitrogens with zero attached hydrogens (tertiary/aromatic N) is 2. The molecule has 4 rings (SSSR count). The van der Waals surface area contributed by atoms with Crippen LogP contribution in [0.5, 0.6) is 0 Å². The third-order valence-electron chi connectivity index (χ3n) is 4.90. The van der Waals surface area contributed by atoms with Gasteiger partial charge in [0.15, 0.2) is 0 Å². The van der Waals surface area contributed by atoms with Gasteiger partial charge in [-0.2, -0.15) is 13.2 Å². The van der Waals surface area contributed by atoms with Crippen LogP contribution in [0.3, 0.4) is 0 Å². The van der Waals surface area contributed by atoms with Gasteiger partial charge in [0.05, 0.1) is 16.1 Å². The fourth-order valence-corrected chi connectivity index (χ4v) is 3.63. The van der Waals surface area contributed by atoms with Gasteiger partial charge in [-0.05, 0) is 37.1 Å². The molecule has 152 valence electrons. The zero-order chi connectivity index (χ0) is 20.6. The monoisotopic (exact) mass is 422 g/mol. The van der Waals surface area contributed by atoms with E-state index in [4.69, 9.17) is 11.6 Å². The molecule has 1 aliphatic heterocycles. The lowest BCUT2D eigenvalue weighted by Crippen LogP contribution is -2.45. The second-order valence-corrected chi connectivity index (χ2v) is 7.41. The molecule has 0 aliphatic carbocycles. The minimum absolute atomic E-state index is 0.0742. The van der Waals surface area contributed by atoms with E-state index in [-0.39, 0.29) is 22.0 Å². The maximum absolute atomic E-state index is 13.0. The van der Waals surface area contributed by atoms with Gasteiger partial charge in [0.2, 0.25) is 0 Å². The topological polar surface area (TPSA) is 61.0 Å². The van der Waals surface area contributed by atoms with Crippen molar-refractivity contribution in [3.63, 3.8) is 0 Å². The molecular weight excluding hydrogens is 405 g/mol. The van der Waals surface area contributed by atoms with Crippen molar-refractivity contribution < 1.29 is 18.0 Å². The van der Waals surface area contributed by atoms with E-state index in [9.17, 15) is 18.0 Å². The molecule has 5 nitrogen and oxygen atoms in total. The molecule has 0 spiro atoms. The molecule has 0 atom stereocenters. The van der Waals surface area contributed by atoms with E-state index in [2.05, 4.69) is 15.4 Å². The van der Waals surface area contributed by atoms with Crippen LogP contribution in [-0.4, -0.2) is 34.0 Å². The van der Waals surface area contributed by atoms with Crippen molar-refractivity contribution >= 4 is 28.5 Å². The average Bonchev–Trinajstić information content (AvgIpc) is 3.13. The number of rotatable bonds is 3. The molecule has 1 aliphatic rings. The number of benzene rings is 2. The Morgan fingerprint density at radius 2 is 1.79 bits per heavy atom. The lowest BCUT2D eigenvalue weighted by atomic mass is 10.1. The first-order valence-corrected chi connectivity index (χ1v) is 9.62. The Hall–Kier alpha value is -2.58. The van der Waals surface area contributed by atoms with E-state index in [1.54, 1.807) is 24.3 Å². The van der Waals surface area contributed by atoms with Gasteiger partial charge in [-0.25, -0.2) is 9.99 Å². The predicted octanol–water partition coefficient (Wildman–Crippen LogP) is 5.03. The van der Waals surface area contributed by atoms with E-state index in [1.165, 1.54) is 6.42 Å². The van der Waals surface area contributed by atoms with Crippen molar-refractivity contribution in [3.05, 3.63) is 52.5 Å². The third kappa shape index (κ3) is 4.23. The van der Waals surface area contributed by atoms with Crippen LogP contribution in [0.15, 0.2) is 36.4 Å². The number of hydrogen-bond acceptors (Lipinski definition) is 3. The van der Waals surface area contributed by atoms with Gasteiger partial charge in [0.25, 0.3) is 5.91 Å². The van der Waals surface area contributed by atoms with Crippen molar-refractivity contribution in [1.29, 1.82) is 0 Å². The lowest BCUT2D eigenvalue weighted by Gasteiger charge is -2.26. The molecule has 2 heterocycles. The van der Waals surface area contributed by atoms with Crippen molar-refractivity contribution in [2.75, 3.05) is 13.1 Å². The van der Waals surface area contributed by atoms with E-state index >= 15 is 0 Å². The lowest BCUT2D eigenvalue weighted by molar-refractivity contribution is -0.137. The number of carbonyl (C=O) groups is 1. The number of halogens is 4. The maximum Gasteiger partial charge on any atom is 0.416 e. The van der Waals surface area contributed by atoms with Gasteiger partial charge in [0.1, 0.15) is 11.3 Å². The Morgan fingerprint density at radius 3 is 2.45 bits per heavy atom. The molecule has 0 saturated carbocycles. The first-order chi connectivity index (χ1) is 13.8. The Bertz CT molecular complexity index is 1040. The van der Waals surface area contributed by atoms with Crippen molar-refractivity contribution in [3.8, 4) is 11.4 Å². The number of H-pyrrole nitrogens is 1.